The Labute approximate surface area is 123 Å². The van der Waals surface area contributed by atoms with E-state index in [4.69, 9.17) is 28.3 Å². The van der Waals surface area contributed by atoms with Crippen LogP contribution in [-0.2, 0) is 0 Å². The highest BCUT2D eigenvalue weighted by Gasteiger charge is 2.17. The van der Waals surface area contributed by atoms with Gasteiger partial charge in [0.15, 0.2) is 0 Å². The molecule has 0 unspecified atom stereocenters. The monoisotopic (exact) mass is 313 g/mol. The summed E-state index contributed by atoms with van der Waals surface area (Å²) in [5.41, 5.74) is 0.870. The number of aryl methyl sites for hydroxylation is 1. The molecule has 2 aromatic heterocycles. The van der Waals surface area contributed by atoms with Gasteiger partial charge in [0.05, 0.1) is 16.3 Å². The number of hydrogen-bond donors (Lipinski definition) is 3. The second-order valence-electron chi connectivity index (χ2n) is 4.00. The molecule has 2 aromatic rings. The zero-order valence-corrected chi connectivity index (χ0v) is 11.7. The Morgan fingerprint density at radius 2 is 2.05 bits per heavy atom. The van der Waals surface area contributed by atoms with Crippen molar-refractivity contribution < 1.29 is 14.7 Å². The van der Waals surface area contributed by atoms with Crippen LogP contribution in [0.15, 0.2) is 18.3 Å². The lowest BCUT2D eigenvalue weighted by atomic mass is 10.2. The van der Waals surface area contributed by atoms with Gasteiger partial charge in [0.25, 0.3) is 5.91 Å². The van der Waals surface area contributed by atoms with Gasteiger partial charge in [0.1, 0.15) is 10.8 Å². The van der Waals surface area contributed by atoms with Crippen molar-refractivity contribution >= 4 is 40.8 Å². The van der Waals surface area contributed by atoms with E-state index in [1.54, 1.807) is 6.92 Å². The Morgan fingerprint density at radius 3 is 2.65 bits per heavy atom. The largest absolute Gasteiger partial charge is 0.477 e. The normalized spacial score (nSPS) is 10.3. The van der Waals surface area contributed by atoms with Gasteiger partial charge in [-0.25, -0.2) is 9.78 Å². The Morgan fingerprint density at radius 1 is 1.35 bits per heavy atom. The molecule has 0 saturated carbocycles. The van der Waals surface area contributed by atoms with E-state index in [0.29, 0.717) is 5.69 Å². The lowest BCUT2D eigenvalue weighted by Gasteiger charge is -2.05. The fourth-order valence-corrected chi connectivity index (χ4v) is 1.87. The molecule has 0 aliphatic carbocycles. The van der Waals surface area contributed by atoms with Crippen molar-refractivity contribution in [1.29, 1.82) is 0 Å². The molecule has 0 aromatic carbocycles. The molecule has 20 heavy (non-hydrogen) atoms. The summed E-state index contributed by atoms with van der Waals surface area (Å²) >= 11 is 11.4. The third kappa shape index (κ3) is 2.92. The number of nitrogens with one attached hydrogen (secondary N) is 2. The van der Waals surface area contributed by atoms with E-state index in [1.807, 2.05) is 0 Å². The lowest BCUT2D eigenvalue weighted by molar-refractivity contribution is 0.0692. The third-order valence-electron chi connectivity index (χ3n) is 2.47. The SMILES string of the molecule is Cc1cc(NC(=O)c2cnc(Cl)c(Cl)c2)c(C(=O)O)[nH]1. The van der Waals surface area contributed by atoms with Gasteiger partial charge in [-0.2, -0.15) is 0 Å². The van der Waals surface area contributed by atoms with Gasteiger partial charge in [0.2, 0.25) is 0 Å². The average Bonchev–Trinajstić information content (AvgIpc) is 2.73. The van der Waals surface area contributed by atoms with E-state index in [-0.39, 0.29) is 27.1 Å². The second kappa shape index (κ2) is 5.52. The van der Waals surface area contributed by atoms with E-state index in [0.717, 1.165) is 0 Å². The minimum absolute atomic E-state index is 0.0898. The molecule has 0 aliphatic heterocycles. The van der Waals surface area contributed by atoms with Crippen molar-refractivity contribution in [3.63, 3.8) is 0 Å². The minimum atomic E-state index is -1.17. The Kier molecular flexibility index (Phi) is 3.96. The Bertz CT molecular complexity index is 697. The molecule has 0 spiro atoms. The van der Waals surface area contributed by atoms with Crippen LogP contribution in [0.25, 0.3) is 0 Å². The van der Waals surface area contributed by atoms with Crippen molar-refractivity contribution in [2.45, 2.75) is 6.92 Å². The number of rotatable bonds is 3. The molecule has 0 bridgehead atoms. The molecule has 2 rings (SSSR count). The van der Waals surface area contributed by atoms with Gasteiger partial charge in [-0.05, 0) is 19.1 Å². The van der Waals surface area contributed by atoms with Crippen LogP contribution in [0.1, 0.15) is 26.5 Å². The maximum Gasteiger partial charge on any atom is 0.354 e. The van der Waals surface area contributed by atoms with E-state index in [9.17, 15) is 9.59 Å². The summed E-state index contributed by atoms with van der Waals surface area (Å²) in [7, 11) is 0. The van der Waals surface area contributed by atoms with Crippen molar-refractivity contribution in [2.24, 2.45) is 0 Å². The van der Waals surface area contributed by atoms with E-state index in [1.165, 1.54) is 18.3 Å². The van der Waals surface area contributed by atoms with Crippen molar-refractivity contribution in [2.75, 3.05) is 5.32 Å². The zero-order valence-electron chi connectivity index (χ0n) is 10.2. The van der Waals surface area contributed by atoms with Crippen LogP contribution in [0.2, 0.25) is 10.2 Å². The summed E-state index contributed by atoms with van der Waals surface area (Å²) in [6, 6.07) is 2.87. The first kappa shape index (κ1) is 14.4. The van der Waals surface area contributed by atoms with Gasteiger partial charge in [-0.3, -0.25) is 4.79 Å². The molecule has 0 radical (unpaired) electrons. The number of hydrogen-bond acceptors (Lipinski definition) is 3. The molecular weight excluding hydrogens is 305 g/mol. The molecule has 0 saturated heterocycles. The van der Waals surface area contributed by atoms with Gasteiger partial charge >= 0.3 is 5.97 Å². The Hall–Kier alpha value is -2.05. The second-order valence-corrected chi connectivity index (χ2v) is 4.76. The molecule has 3 N–H and O–H groups in total. The fourth-order valence-electron chi connectivity index (χ4n) is 1.60. The molecule has 2 heterocycles. The number of carboxylic acids is 1. The highest BCUT2D eigenvalue weighted by atomic mass is 35.5. The van der Waals surface area contributed by atoms with Crippen LogP contribution in [0.3, 0.4) is 0 Å². The number of aromatic nitrogens is 2. The highest BCUT2D eigenvalue weighted by molar-refractivity contribution is 6.41. The van der Waals surface area contributed by atoms with Crippen LogP contribution in [0.4, 0.5) is 5.69 Å². The van der Waals surface area contributed by atoms with Crippen LogP contribution in [-0.4, -0.2) is 27.0 Å². The minimum Gasteiger partial charge on any atom is -0.477 e. The Balaban J connectivity index is 2.27. The van der Waals surface area contributed by atoms with Gasteiger partial charge in [-0.1, -0.05) is 23.2 Å². The molecule has 8 heteroatoms. The summed E-state index contributed by atoms with van der Waals surface area (Å²) in [6.07, 6.45) is 1.25. The third-order valence-corrected chi connectivity index (χ3v) is 3.16. The molecule has 1 amide bonds. The first-order valence-electron chi connectivity index (χ1n) is 5.44. The summed E-state index contributed by atoms with van der Waals surface area (Å²) in [4.78, 5) is 29.4. The van der Waals surface area contributed by atoms with Crippen molar-refractivity contribution in [3.05, 3.63) is 45.5 Å². The molecular formula is C12H9Cl2N3O3. The first-order chi connectivity index (χ1) is 9.38. The van der Waals surface area contributed by atoms with E-state index in [2.05, 4.69) is 15.3 Å². The van der Waals surface area contributed by atoms with Crippen molar-refractivity contribution in [3.8, 4) is 0 Å². The molecule has 0 aliphatic rings. The number of aromatic carboxylic acids is 1. The topological polar surface area (TPSA) is 95.1 Å². The predicted molar refractivity (Wildman–Crippen MR) is 74.7 cm³/mol. The number of aromatic amines is 1. The van der Waals surface area contributed by atoms with Crippen LogP contribution in [0, 0.1) is 6.92 Å². The highest BCUT2D eigenvalue weighted by Crippen LogP contribution is 2.22. The maximum absolute atomic E-state index is 12.0. The predicted octanol–water partition coefficient (Wildman–Crippen LogP) is 2.98. The number of nitrogens with zero attached hydrogens (tertiary/aromatic N) is 1. The molecule has 0 atom stereocenters. The molecule has 104 valence electrons. The van der Waals surface area contributed by atoms with E-state index < -0.39 is 11.9 Å². The van der Waals surface area contributed by atoms with Crippen LogP contribution in [0.5, 0.6) is 0 Å². The van der Waals surface area contributed by atoms with Gasteiger partial charge < -0.3 is 15.4 Å². The summed E-state index contributed by atoms with van der Waals surface area (Å²) in [6.45, 7) is 1.68. The zero-order chi connectivity index (χ0) is 14.9. The number of anilines is 1. The number of carboxylic acid groups (broad SMARTS) is 1. The van der Waals surface area contributed by atoms with Gasteiger partial charge in [0, 0.05) is 11.9 Å². The molecule has 6 nitrogen and oxygen atoms in total. The van der Waals surface area contributed by atoms with Crippen molar-refractivity contribution in [1.82, 2.24) is 9.97 Å². The van der Waals surface area contributed by atoms with Crippen LogP contribution < -0.4 is 5.32 Å². The van der Waals surface area contributed by atoms with Gasteiger partial charge in [-0.15, -0.1) is 0 Å². The number of pyridine rings is 1. The summed E-state index contributed by atoms with van der Waals surface area (Å²) in [5.74, 6) is -1.70. The summed E-state index contributed by atoms with van der Waals surface area (Å²) < 4.78 is 0. The number of carbonyl (C=O) groups excluding carboxylic acids is 1. The summed E-state index contributed by atoms with van der Waals surface area (Å²) in [5, 5.41) is 11.7. The standard InChI is InChI=1S/C12H9Cl2N3O3/c1-5-2-8(9(16-5)12(19)20)17-11(18)6-3-7(13)10(14)15-4-6/h2-4,16H,1H3,(H,17,18)(H,19,20). The fraction of sp³-hybridized carbons (Fsp3) is 0.0833. The lowest BCUT2D eigenvalue weighted by Crippen LogP contribution is -2.14. The average molecular weight is 314 g/mol. The number of halogens is 2. The van der Waals surface area contributed by atoms with Crippen LogP contribution >= 0.6 is 23.2 Å². The number of carbonyl (C=O) groups is 2. The first-order valence-corrected chi connectivity index (χ1v) is 6.19. The number of H-pyrrole nitrogens is 1. The number of amides is 1. The van der Waals surface area contributed by atoms with E-state index >= 15 is 0 Å². The smallest absolute Gasteiger partial charge is 0.354 e. The quantitative estimate of drug-likeness (QED) is 0.759. The molecule has 0 fully saturated rings. The maximum atomic E-state index is 12.0.